The van der Waals surface area contributed by atoms with Crippen molar-refractivity contribution in [3.05, 3.63) is 56.0 Å². The predicted molar refractivity (Wildman–Crippen MR) is 110 cm³/mol. The number of carbonyl (C=O) groups excluding carboxylic acids is 1. The van der Waals surface area contributed by atoms with Gasteiger partial charge in [0.2, 0.25) is 0 Å². The molecule has 2 aromatic carbocycles. The van der Waals surface area contributed by atoms with Crippen LogP contribution in [0.4, 0.5) is 8.78 Å². The molecule has 2 N–H and O–H groups in total. The summed E-state index contributed by atoms with van der Waals surface area (Å²) in [5, 5.41) is 19.5. The molecule has 2 atom stereocenters. The molecule has 2 unspecified atom stereocenters. The summed E-state index contributed by atoms with van der Waals surface area (Å²) in [5.74, 6) is -4.47. The first-order valence-corrected chi connectivity index (χ1v) is 11.1. The number of benzene rings is 2. The molecular weight excluding hydrogens is 610 g/mol. The molecule has 26 heavy (non-hydrogen) atoms. The minimum atomic E-state index is -0.845. The maximum atomic E-state index is 13.9. The molecule has 0 saturated carbocycles. The summed E-state index contributed by atoms with van der Waals surface area (Å²) >= 11 is 12.7. The molecule has 0 aliphatic carbocycles. The Morgan fingerprint density at radius 1 is 0.846 bits per heavy atom. The number of halogens is 6. The van der Waals surface area contributed by atoms with Gasteiger partial charge in [-0.15, -0.1) is 0 Å². The molecule has 0 heterocycles. The fraction of sp³-hybridized carbons (Fsp3) is 0.235. The highest BCUT2D eigenvalue weighted by Gasteiger charge is 2.30. The molecule has 0 aliphatic heterocycles. The van der Waals surface area contributed by atoms with Crippen molar-refractivity contribution in [3.8, 4) is 11.5 Å². The molecule has 0 saturated heterocycles. The summed E-state index contributed by atoms with van der Waals surface area (Å²) in [7, 11) is 0. The number of Topliss-reactive ketones (excluding diaryl/α,β-unsaturated/α-hetero) is 1. The third kappa shape index (κ3) is 4.48. The third-order valence-electron chi connectivity index (χ3n) is 3.88. The normalized spacial score (nSPS) is 13.5. The molecular formula is C17H12Br4F2O3. The Kier molecular flexibility index (Phi) is 7.64. The Hall–Kier alpha value is -0.510. The van der Waals surface area contributed by atoms with Crippen molar-refractivity contribution in [2.45, 2.75) is 11.8 Å². The molecule has 2 rings (SSSR count). The van der Waals surface area contributed by atoms with E-state index in [1.165, 1.54) is 12.1 Å². The zero-order valence-electron chi connectivity index (χ0n) is 12.9. The van der Waals surface area contributed by atoms with Gasteiger partial charge in [-0.3, -0.25) is 4.79 Å². The van der Waals surface area contributed by atoms with E-state index in [-0.39, 0.29) is 25.4 Å². The van der Waals surface area contributed by atoms with Gasteiger partial charge in [-0.05, 0) is 67.3 Å². The maximum absolute atomic E-state index is 13.9. The van der Waals surface area contributed by atoms with E-state index in [4.69, 9.17) is 0 Å². The smallest absolute Gasteiger partial charge is 0.166 e. The van der Waals surface area contributed by atoms with Crippen LogP contribution in [-0.2, 0) is 4.79 Å². The van der Waals surface area contributed by atoms with Gasteiger partial charge < -0.3 is 10.2 Å². The molecule has 9 heteroatoms. The standard InChI is InChI=1S/C17H12Br4F2O3/c18-5-9(7-1-11(20)16(25)13(22)3-7)15(24)10(6-19)8-2-12(21)17(26)14(23)4-8/h1-4,9-10,25-26H,5-6H2. The topological polar surface area (TPSA) is 57.5 Å². The van der Waals surface area contributed by atoms with Crippen LogP contribution in [-0.4, -0.2) is 26.7 Å². The summed E-state index contributed by atoms with van der Waals surface area (Å²) in [6.45, 7) is 0. The average Bonchev–Trinajstić information content (AvgIpc) is 2.58. The van der Waals surface area contributed by atoms with Crippen molar-refractivity contribution < 1.29 is 23.8 Å². The Bertz CT molecular complexity index is 731. The summed E-state index contributed by atoms with van der Waals surface area (Å²) in [4.78, 5) is 13.1. The first kappa shape index (κ1) is 21.8. The molecule has 0 bridgehead atoms. The van der Waals surface area contributed by atoms with Gasteiger partial charge in [-0.25, -0.2) is 8.78 Å². The Labute approximate surface area is 182 Å². The van der Waals surface area contributed by atoms with Crippen molar-refractivity contribution in [2.75, 3.05) is 10.7 Å². The van der Waals surface area contributed by atoms with Gasteiger partial charge >= 0.3 is 0 Å². The van der Waals surface area contributed by atoms with Crippen LogP contribution in [0.5, 0.6) is 11.5 Å². The van der Waals surface area contributed by atoms with Gasteiger partial charge in [0.15, 0.2) is 23.1 Å². The molecule has 0 radical (unpaired) electrons. The fourth-order valence-corrected chi connectivity index (χ4v) is 4.77. The lowest BCUT2D eigenvalue weighted by Crippen LogP contribution is -2.23. The quantitative estimate of drug-likeness (QED) is 0.382. The zero-order valence-corrected chi connectivity index (χ0v) is 19.3. The third-order valence-corrected chi connectivity index (χ3v) is 6.38. The van der Waals surface area contributed by atoms with Crippen molar-refractivity contribution in [3.63, 3.8) is 0 Å². The summed E-state index contributed by atoms with van der Waals surface area (Å²) < 4.78 is 28.0. The molecule has 0 aliphatic rings. The lowest BCUT2D eigenvalue weighted by molar-refractivity contribution is -0.121. The SMILES string of the molecule is O=C(C(CBr)c1cc(F)c(O)c(Br)c1)C(CBr)c1cc(F)c(O)c(Br)c1. The van der Waals surface area contributed by atoms with Crippen LogP contribution >= 0.6 is 63.7 Å². The van der Waals surface area contributed by atoms with Crippen molar-refractivity contribution in [1.29, 1.82) is 0 Å². The van der Waals surface area contributed by atoms with Crippen LogP contribution in [0.15, 0.2) is 33.2 Å². The lowest BCUT2D eigenvalue weighted by Gasteiger charge is -2.21. The summed E-state index contributed by atoms with van der Waals surface area (Å²) in [6.07, 6.45) is 0. The van der Waals surface area contributed by atoms with Gasteiger partial charge in [0.1, 0.15) is 5.78 Å². The molecule has 0 aromatic heterocycles. The maximum Gasteiger partial charge on any atom is 0.166 e. The van der Waals surface area contributed by atoms with Crippen molar-refractivity contribution in [2.24, 2.45) is 0 Å². The number of phenols is 2. The van der Waals surface area contributed by atoms with Crippen LogP contribution in [0, 0.1) is 11.6 Å². The van der Waals surface area contributed by atoms with Crippen LogP contribution in [0.3, 0.4) is 0 Å². The van der Waals surface area contributed by atoms with E-state index >= 15 is 0 Å². The number of alkyl halides is 2. The van der Waals surface area contributed by atoms with Crippen molar-refractivity contribution >= 4 is 69.5 Å². The fourth-order valence-electron chi connectivity index (χ4n) is 2.47. The predicted octanol–water partition coefficient (Wildman–Crippen LogP) is 6.13. The first-order chi connectivity index (χ1) is 12.2. The summed E-state index contributed by atoms with van der Waals surface area (Å²) in [6, 6.07) is 5.15. The number of phenolic OH excluding ortho intramolecular Hbond substituents is 2. The number of aromatic hydroxyl groups is 2. The van der Waals surface area contributed by atoms with Gasteiger partial charge in [0.25, 0.3) is 0 Å². The molecule has 0 fully saturated rings. The minimum Gasteiger partial charge on any atom is -0.504 e. The van der Waals surface area contributed by atoms with Crippen LogP contribution < -0.4 is 0 Å². The highest BCUT2D eigenvalue weighted by molar-refractivity contribution is 9.11. The summed E-state index contributed by atoms with van der Waals surface area (Å²) in [5.41, 5.74) is 0.747. The molecule has 140 valence electrons. The number of carbonyl (C=O) groups is 1. The molecule has 3 nitrogen and oxygen atoms in total. The highest BCUT2D eigenvalue weighted by atomic mass is 79.9. The van der Waals surface area contributed by atoms with Crippen LogP contribution in [0.2, 0.25) is 0 Å². The van der Waals surface area contributed by atoms with Gasteiger partial charge in [-0.2, -0.15) is 0 Å². The Morgan fingerprint density at radius 3 is 1.46 bits per heavy atom. The van der Waals surface area contributed by atoms with E-state index < -0.39 is 35.0 Å². The second-order valence-electron chi connectivity index (χ2n) is 5.48. The number of rotatable bonds is 6. The monoisotopic (exact) mass is 618 g/mol. The van der Waals surface area contributed by atoms with Gasteiger partial charge in [0, 0.05) is 10.7 Å². The Morgan fingerprint density at radius 2 is 1.19 bits per heavy atom. The van der Waals surface area contributed by atoms with Crippen molar-refractivity contribution in [1.82, 2.24) is 0 Å². The molecule has 0 amide bonds. The largest absolute Gasteiger partial charge is 0.504 e. The molecule has 0 spiro atoms. The first-order valence-electron chi connectivity index (χ1n) is 7.22. The average molecular weight is 622 g/mol. The second-order valence-corrected chi connectivity index (χ2v) is 8.49. The lowest BCUT2D eigenvalue weighted by atomic mass is 9.85. The zero-order chi connectivity index (χ0) is 19.6. The van der Waals surface area contributed by atoms with Crippen LogP contribution in [0.1, 0.15) is 23.0 Å². The van der Waals surface area contributed by atoms with Crippen LogP contribution in [0.25, 0.3) is 0 Å². The number of ketones is 1. The Balaban J connectivity index is 2.45. The second kappa shape index (κ2) is 9.12. The highest BCUT2D eigenvalue weighted by Crippen LogP contribution is 2.37. The van der Waals surface area contributed by atoms with E-state index in [2.05, 4.69) is 63.7 Å². The van der Waals surface area contributed by atoms with Gasteiger partial charge in [0.05, 0.1) is 20.8 Å². The van der Waals surface area contributed by atoms with Gasteiger partial charge in [-0.1, -0.05) is 31.9 Å². The molecule has 2 aromatic rings. The number of hydrogen-bond acceptors (Lipinski definition) is 3. The minimum absolute atomic E-state index is 0.139. The van der Waals surface area contributed by atoms with E-state index in [9.17, 15) is 23.8 Å². The van der Waals surface area contributed by atoms with E-state index in [0.29, 0.717) is 11.1 Å². The number of hydrogen-bond donors (Lipinski definition) is 2. The van der Waals surface area contributed by atoms with E-state index in [0.717, 1.165) is 12.1 Å². The van der Waals surface area contributed by atoms with E-state index in [1.54, 1.807) is 0 Å². The van der Waals surface area contributed by atoms with E-state index in [1.807, 2.05) is 0 Å².